The van der Waals surface area contributed by atoms with Crippen molar-refractivity contribution in [3.05, 3.63) is 106 Å². The largest absolute Gasteiger partial charge is 0.416 e. The average Bonchev–Trinajstić information content (AvgIpc) is 2.79. The second-order valence-electron chi connectivity index (χ2n) is 7.31. The van der Waals surface area contributed by atoms with Crippen LogP contribution in [0.1, 0.15) is 22.6 Å². The summed E-state index contributed by atoms with van der Waals surface area (Å²) in [6.07, 6.45) is -4.13. The number of anilines is 1. The van der Waals surface area contributed by atoms with Crippen LogP contribution in [0.4, 0.5) is 18.9 Å². The number of nitrogens with zero attached hydrogens (tertiary/aromatic N) is 1. The Bertz CT molecular complexity index is 1140. The third-order valence-electron chi connectivity index (χ3n) is 5.13. The molecule has 2 N–H and O–H groups in total. The Labute approximate surface area is 194 Å². The van der Waals surface area contributed by atoms with Gasteiger partial charge >= 0.3 is 6.18 Å². The molecule has 0 saturated carbocycles. The number of benzene rings is 3. The molecule has 0 heterocycles. The van der Waals surface area contributed by atoms with E-state index in [-0.39, 0.29) is 12.2 Å². The van der Waals surface area contributed by atoms with Crippen LogP contribution in [-0.2, 0) is 22.2 Å². The van der Waals surface area contributed by atoms with E-state index in [1.165, 1.54) is 12.1 Å². The number of primary amides is 1. The molecular weight excluding hydrogens is 453 g/mol. The Balaban J connectivity index is 1.96. The highest BCUT2D eigenvalue weighted by Crippen LogP contribution is 2.31. The number of carbonyl (C=O) groups excluding carboxylic acids is 2. The predicted octanol–water partition coefficient (Wildman–Crippen LogP) is 5.39. The van der Waals surface area contributed by atoms with Crippen LogP contribution in [0, 0.1) is 0 Å². The summed E-state index contributed by atoms with van der Waals surface area (Å²) in [5.74, 6) is 0.0788. The van der Waals surface area contributed by atoms with E-state index < -0.39 is 23.6 Å². The first-order chi connectivity index (χ1) is 15.7. The first kappa shape index (κ1) is 24.1. The maximum Gasteiger partial charge on any atom is 0.416 e. The lowest BCUT2D eigenvalue weighted by Crippen LogP contribution is -2.34. The normalized spacial score (nSPS) is 12.0. The topological polar surface area (TPSA) is 63.4 Å². The van der Waals surface area contributed by atoms with Crippen molar-refractivity contribution in [2.24, 2.45) is 5.73 Å². The summed E-state index contributed by atoms with van der Waals surface area (Å²) in [4.78, 5) is 26.1. The molecule has 0 aliphatic rings. The molecule has 1 amide bonds. The van der Waals surface area contributed by atoms with Gasteiger partial charge in [0.05, 0.1) is 5.56 Å². The number of alkyl halides is 3. The summed E-state index contributed by atoms with van der Waals surface area (Å²) in [5.41, 5.74) is 6.63. The lowest BCUT2D eigenvalue weighted by Gasteiger charge is -2.29. The van der Waals surface area contributed by atoms with Crippen molar-refractivity contribution in [3.63, 3.8) is 0 Å². The van der Waals surface area contributed by atoms with Crippen LogP contribution in [0.2, 0.25) is 5.02 Å². The van der Waals surface area contributed by atoms with Gasteiger partial charge in [-0.15, -0.1) is 0 Å². The van der Waals surface area contributed by atoms with E-state index in [0.29, 0.717) is 28.3 Å². The van der Waals surface area contributed by atoms with Gasteiger partial charge in [-0.25, -0.2) is 4.79 Å². The molecule has 1 unspecified atom stereocenters. The van der Waals surface area contributed by atoms with Gasteiger partial charge in [0.15, 0.2) is 0 Å². The summed E-state index contributed by atoms with van der Waals surface area (Å²) < 4.78 is 38.6. The number of amides is 1. The lowest BCUT2D eigenvalue weighted by molar-refractivity contribution is -0.137. The van der Waals surface area contributed by atoms with Crippen LogP contribution in [0.5, 0.6) is 0 Å². The van der Waals surface area contributed by atoms with Gasteiger partial charge in [-0.05, 0) is 53.9 Å². The standard InChI is InChI=1S/C25H20ClF3N2O2/c26-20-10-12-21(13-11-20)31(15-14-17-6-8-19(9-7-17)25(27,28)29)22(16-32)23(24(30)33)18-4-2-1-3-5-18/h1-13,23H,14-15H2,(H2,30,33). The molecule has 1 atom stereocenters. The minimum Gasteiger partial charge on any atom is -0.369 e. The van der Waals surface area contributed by atoms with E-state index >= 15 is 0 Å². The molecule has 0 fully saturated rings. The maximum absolute atomic E-state index is 12.9. The Morgan fingerprint density at radius 3 is 2.09 bits per heavy atom. The average molecular weight is 473 g/mol. The van der Waals surface area contributed by atoms with Crippen LogP contribution in [0.3, 0.4) is 0 Å². The number of nitrogens with two attached hydrogens (primary N) is 1. The van der Waals surface area contributed by atoms with Crippen molar-refractivity contribution in [3.8, 4) is 0 Å². The molecular formula is C25H20ClF3N2O2. The van der Waals surface area contributed by atoms with Crippen LogP contribution >= 0.6 is 11.6 Å². The van der Waals surface area contributed by atoms with E-state index in [1.54, 1.807) is 59.5 Å². The molecule has 3 aromatic carbocycles. The SMILES string of the molecule is NC(=O)C(C(=C=O)N(CCc1ccc(C(F)(F)F)cc1)c1ccc(Cl)cc1)c1ccccc1. The number of halogens is 4. The van der Waals surface area contributed by atoms with Gasteiger partial charge in [0.2, 0.25) is 5.91 Å². The molecule has 170 valence electrons. The summed E-state index contributed by atoms with van der Waals surface area (Å²) in [5, 5.41) is 0.479. The van der Waals surface area contributed by atoms with Gasteiger partial charge in [0.1, 0.15) is 17.6 Å². The number of carbonyl (C=O) groups is 1. The Hall–Kier alpha value is -3.54. The quantitative estimate of drug-likeness (QED) is 0.447. The summed E-state index contributed by atoms with van der Waals surface area (Å²) in [6.45, 7) is 0.189. The fourth-order valence-corrected chi connectivity index (χ4v) is 3.61. The first-order valence-electron chi connectivity index (χ1n) is 9.99. The molecule has 0 saturated heterocycles. The van der Waals surface area contributed by atoms with Gasteiger partial charge in [-0.2, -0.15) is 13.2 Å². The van der Waals surface area contributed by atoms with E-state index in [9.17, 15) is 22.8 Å². The third-order valence-corrected chi connectivity index (χ3v) is 5.38. The van der Waals surface area contributed by atoms with Gasteiger partial charge in [-0.1, -0.05) is 54.1 Å². The summed E-state index contributed by atoms with van der Waals surface area (Å²) in [6, 6.07) is 20.0. The molecule has 0 spiro atoms. The molecule has 33 heavy (non-hydrogen) atoms. The van der Waals surface area contributed by atoms with Gasteiger partial charge in [0.25, 0.3) is 0 Å². The van der Waals surface area contributed by atoms with Crippen LogP contribution < -0.4 is 10.6 Å². The van der Waals surface area contributed by atoms with E-state index in [4.69, 9.17) is 17.3 Å². The van der Waals surface area contributed by atoms with E-state index in [2.05, 4.69) is 0 Å². The van der Waals surface area contributed by atoms with Crippen LogP contribution in [0.25, 0.3) is 0 Å². The van der Waals surface area contributed by atoms with Crippen molar-refractivity contribution in [1.29, 1.82) is 0 Å². The van der Waals surface area contributed by atoms with Gasteiger partial charge < -0.3 is 10.6 Å². The molecule has 4 nitrogen and oxygen atoms in total. The third kappa shape index (κ3) is 6.04. The lowest BCUT2D eigenvalue weighted by atomic mass is 9.94. The van der Waals surface area contributed by atoms with Crippen molar-refractivity contribution < 1.29 is 22.8 Å². The molecule has 0 bridgehead atoms. The zero-order chi connectivity index (χ0) is 24.0. The minimum absolute atomic E-state index is 0.00272. The number of rotatable bonds is 8. The predicted molar refractivity (Wildman–Crippen MR) is 122 cm³/mol. The van der Waals surface area contributed by atoms with Crippen molar-refractivity contribution in [2.75, 3.05) is 11.4 Å². The Morgan fingerprint density at radius 1 is 0.970 bits per heavy atom. The highest BCUT2D eigenvalue weighted by Gasteiger charge is 2.31. The Kier molecular flexibility index (Phi) is 7.59. The molecule has 0 radical (unpaired) electrons. The second-order valence-corrected chi connectivity index (χ2v) is 7.74. The highest BCUT2D eigenvalue weighted by atomic mass is 35.5. The Morgan fingerprint density at radius 2 is 1.58 bits per heavy atom. The van der Waals surface area contributed by atoms with E-state index in [1.807, 2.05) is 5.94 Å². The fourth-order valence-electron chi connectivity index (χ4n) is 3.48. The molecule has 3 aromatic rings. The van der Waals surface area contributed by atoms with Gasteiger partial charge in [0, 0.05) is 17.3 Å². The zero-order valence-corrected chi connectivity index (χ0v) is 18.1. The smallest absolute Gasteiger partial charge is 0.369 e. The number of hydrogen-bond donors (Lipinski definition) is 1. The van der Waals surface area contributed by atoms with Crippen molar-refractivity contribution in [1.82, 2.24) is 0 Å². The molecule has 3 rings (SSSR count). The van der Waals surface area contributed by atoms with Crippen LogP contribution in [0.15, 0.2) is 84.6 Å². The minimum atomic E-state index is -4.42. The van der Waals surface area contributed by atoms with Gasteiger partial charge in [-0.3, -0.25) is 4.79 Å². The fraction of sp³-hybridized carbons (Fsp3) is 0.160. The monoisotopic (exact) mass is 472 g/mol. The summed E-state index contributed by atoms with van der Waals surface area (Å²) >= 11 is 5.99. The molecule has 0 aliphatic carbocycles. The molecule has 0 aliphatic heterocycles. The van der Waals surface area contributed by atoms with Crippen LogP contribution in [-0.4, -0.2) is 18.4 Å². The molecule has 8 heteroatoms. The van der Waals surface area contributed by atoms with Crippen molar-refractivity contribution >= 4 is 29.1 Å². The zero-order valence-electron chi connectivity index (χ0n) is 17.4. The highest BCUT2D eigenvalue weighted by molar-refractivity contribution is 6.30. The summed E-state index contributed by atoms with van der Waals surface area (Å²) in [7, 11) is 0. The number of hydrogen-bond acceptors (Lipinski definition) is 3. The van der Waals surface area contributed by atoms with E-state index in [0.717, 1.165) is 12.1 Å². The molecule has 0 aromatic heterocycles. The van der Waals surface area contributed by atoms with Crippen molar-refractivity contribution in [2.45, 2.75) is 18.5 Å². The maximum atomic E-state index is 12.9. The second kappa shape index (κ2) is 10.4. The first-order valence-corrected chi connectivity index (χ1v) is 10.4.